The van der Waals surface area contributed by atoms with Crippen LogP contribution in [0.4, 0.5) is 0 Å². The normalized spacial score (nSPS) is 17.9. The van der Waals surface area contributed by atoms with Crippen molar-refractivity contribution in [3.05, 3.63) is 65.7 Å². The molecule has 0 N–H and O–H groups in total. The van der Waals surface area contributed by atoms with E-state index < -0.39 is 10.1 Å². The molecule has 2 aromatic rings. The predicted molar refractivity (Wildman–Crippen MR) is 94.3 cm³/mol. The highest BCUT2D eigenvalue weighted by Crippen LogP contribution is 2.23. The van der Waals surface area contributed by atoms with Crippen LogP contribution in [-0.2, 0) is 25.6 Å². The van der Waals surface area contributed by atoms with Crippen LogP contribution in [0.2, 0.25) is 0 Å². The third-order valence-corrected chi connectivity index (χ3v) is 5.67. The summed E-state index contributed by atoms with van der Waals surface area (Å²) in [5.41, 5.74) is 2.00. The lowest BCUT2D eigenvalue weighted by Gasteiger charge is -2.24. The van der Waals surface area contributed by atoms with E-state index in [1.54, 1.807) is 17.0 Å². The molecule has 0 spiro atoms. The fourth-order valence-electron chi connectivity index (χ4n) is 2.90. The van der Waals surface area contributed by atoms with Crippen LogP contribution in [0.3, 0.4) is 0 Å². The number of likely N-dealkylation sites (tertiary alicyclic amines) is 1. The molecule has 1 aliphatic heterocycles. The minimum Gasteiger partial charge on any atom is -0.333 e. The highest BCUT2D eigenvalue weighted by atomic mass is 32.2. The van der Waals surface area contributed by atoms with E-state index in [1.807, 2.05) is 37.3 Å². The molecule has 0 radical (unpaired) electrons. The zero-order valence-corrected chi connectivity index (χ0v) is 14.9. The summed E-state index contributed by atoms with van der Waals surface area (Å²) in [5, 5.41) is 0. The van der Waals surface area contributed by atoms with Gasteiger partial charge in [-0.2, -0.15) is 8.42 Å². The van der Waals surface area contributed by atoms with Crippen LogP contribution in [-0.4, -0.2) is 31.9 Å². The zero-order chi connectivity index (χ0) is 17.9. The van der Waals surface area contributed by atoms with Gasteiger partial charge < -0.3 is 4.90 Å². The van der Waals surface area contributed by atoms with Gasteiger partial charge in [-0.15, -0.1) is 0 Å². The van der Waals surface area contributed by atoms with E-state index in [-0.39, 0.29) is 23.5 Å². The molecular weight excluding hydrogens is 338 g/mol. The van der Waals surface area contributed by atoms with E-state index in [4.69, 9.17) is 4.18 Å². The van der Waals surface area contributed by atoms with E-state index in [9.17, 15) is 13.2 Å². The Labute approximate surface area is 148 Å². The van der Waals surface area contributed by atoms with Crippen LogP contribution in [0.1, 0.15) is 24.0 Å². The summed E-state index contributed by atoms with van der Waals surface area (Å²) in [6.07, 6.45) is 1.03. The van der Waals surface area contributed by atoms with Crippen LogP contribution >= 0.6 is 0 Å². The lowest BCUT2D eigenvalue weighted by atomic mass is 10.2. The van der Waals surface area contributed by atoms with Crippen LogP contribution in [0.15, 0.2) is 59.5 Å². The van der Waals surface area contributed by atoms with Crippen molar-refractivity contribution in [3.8, 4) is 0 Å². The minimum absolute atomic E-state index is 0.0191. The number of rotatable bonds is 6. The Morgan fingerprint density at radius 3 is 2.44 bits per heavy atom. The molecule has 5 nitrogen and oxygen atoms in total. The van der Waals surface area contributed by atoms with Gasteiger partial charge in [-0.05, 0) is 31.0 Å². The largest absolute Gasteiger partial charge is 0.333 e. The highest BCUT2D eigenvalue weighted by Gasteiger charge is 2.32. The van der Waals surface area contributed by atoms with Gasteiger partial charge in [-0.3, -0.25) is 8.98 Å². The van der Waals surface area contributed by atoms with Crippen LogP contribution < -0.4 is 0 Å². The van der Waals surface area contributed by atoms with Gasteiger partial charge in [0.25, 0.3) is 10.1 Å². The lowest BCUT2D eigenvalue weighted by Crippen LogP contribution is -2.36. The maximum Gasteiger partial charge on any atom is 0.297 e. The molecule has 1 amide bonds. The molecule has 1 heterocycles. The SMILES string of the molecule is Cc1ccc(S(=O)(=O)OC[C@@H]2CCC(=O)N2Cc2ccccc2)cc1. The number of carbonyl (C=O) groups excluding carboxylic acids is 1. The smallest absolute Gasteiger partial charge is 0.297 e. The fraction of sp³-hybridized carbons (Fsp3) is 0.316. The topological polar surface area (TPSA) is 63.7 Å². The summed E-state index contributed by atoms with van der Waals surface area (Å²) < 4.78 is 29.9. The van der Waals surface area contributed by atoms with Gasteiger partial charge in [0.05, 0.1) is 17.5 Å². The van der Waals surface area contributed by atoms with Gasteiger partial charge in [0, 0.05) is 13.0 Å². The van der Waals surface area contributed by atoms with Crippen LogP contribution in [0, 0.1) is 6.92 Å². The third kappa shape index (κ3) is 4.27. The van der Waals surface area contributed by atoms with Crippen LogP contribution in [0.25, 0.3) is 0 Å². The Morgan fingerprint density at radius 1 is 1.08 bits per heavy atom. The summed E-state index contributed by atoms with van der Waals surface area (Å²) in [5.74, 6) is 0.0326. The molecule has 0 saturated carbocycles. The standard InChI is InChI=1S/C19H21NO4S/c1-15-7-10-18(11-8-15)25(22,23)24-14-17-9-12-19(21)20(17)13-16-5-3-2-4-6-16/h2-8,10-11,17H,9,12-14H2,1H3/t17-/m0/s1. The molecule has 1 fully saturated rings. The number of benzene rings is 2. The van der Waals surface area contributed by atoms with E-state index in [0.717, 1.165) is 11.1 Å². The van der Waals surface area contributed by atoms with E-state index in [0.29, 0.717) is 19.4 Å². The molecule has 0 aromatic heterocycles. The lowest BCUT2D eigenvalue weighted by molar-refractivity contribution is -0.129. The summed E-state index contributed by atoms with van der Waals surface area (Å²) in [7, 11) is -3.82. The summed E-state index contributed by atoms with van der Waals surface area (Å²) >= 11 is 0. The van der Waals surface area contributed by atoms with Gasteiger partial charge in [0.2, 0.25) is 5.91 Å². The first kappa shape index (κ1) is 17.6. The Morgan fingerprint density at radius 2 is 1.76 bits per heavy atom. The van der Waals surface area contributed by atoms with Crippen molar-refractivity contribution < 1.29 is 17.4 Å². The maximum absolute atomic E-state index is 12.3. The Hall–Kier alpha value is -2.18. The van der Waals surface area contributed by atoms with E-state index in [1.165, 1.54) is 12.1 Å². The van der Waals surface area contributed by atoms with Gasteiger partial charge in [0.15, 0.2) is 0 Å². The molecule has 0 aliphatic carbocycles. The quantitative estimate of drug-likeness (QED) is 0.744. The molecule has 2 aromatic carbocycles. The van der Waals surface area contributed by atoms with Crippen molar-refractivity contribution in [3.63, 3.8) is 0 Å². The average molecular weight is 359 g/mol. The number of carbonyl (C=O) groups is 1. The van der Waals surface area contributed by atoms with Gasteiger partial charge in [-0.1, -0.05) is 48.0 Å². The first-order valence-corrected chi connectivity index (χ1v) is 9.66. The molecule has 3 rings (SSSR count). The Bertz CT molecular complexity index is 831. The monoisotopic (exact) mass is 359 g/mol. The number of amides is 1. The molecular formula is C19H21NO4S. The second-order valence-corrected chi connectivity index (χ2v) is 7.87. The van der Waals surface area contributed by atoms with Crippen LogP contribution in [0.5, 0.6) is 0 Å². The molecule has 1 aliphatic rings. The van der Waals surface area contributed by atoms with Gasteiger partial charge in [-0.25, -0.2) is 0 Å². The Kier molecular flexibility index (Phi) is 5.20. The predicted octanol–water partition coefficient (Wildman–Crippen LogP) is 2.89. The molecule has 0 bridgehead atoms. The number of hydrogen-bond acceptors (Lipinski definition) is 4. The molecule has 0 unspecified atom stereocenters. The molecule has 132 valence electrons. The minimum atomic E-state index is -3.82. The van der Waals surface area contributed by atoms with E-state index in [2.05, 4.69) is 0 Å². The second kappa shape index (κ2) is 7.37. The summed E-state index contributed by atoms with van der Waals surface area (Å²) in [6.45, 7) is 2.34. The number of nitrogens with zero attached hydrogens (tertiary/aromatic N) is 1. The number of aryl methyl sites for hydroxylation is 1. The van der Waals surface area contributed by atoms with Crippen molar-refractivity contribution in [2.75, 3.05) is 6.61 Å². The summed E-state index contributed by atoms with van der Waals surface area (Å²) in [4.78, 5) is 14.0. The first-order valence-electron chi connectivity index (χ1n) is 8.25. The van der Waals surface area contributed by atoms with E-state index >= 15 is 0 Å². The molecule has 6 heteroatoms. The van der Waals surface area contributed by atoms with Crippen molar-refractivity contribution in [2.45, 2.75) is 37.2 Å². The first-order chi connectivity index (χ1) is 12.0. The second-order valence-electron chi connectivity index (χ2n) is 6.25. The average Bonchev–Trinajstić information content (AvgIpc) is 2.95. The van der Waals surface area contributed by atoms with Crippen molar-refractivity contribution in [1.82, 2.24) is 4.90 Å². The van der Waals surface area contributed by atoms with Gasteiger partial charge in [0.1, 0.15) is 0 Å². The fourth-order valence-corrected chi connectivity index (χ4v) is 3.85. The summed E-state index contributed by atoms with van der Waals surface area (Å²) in [6, 6.07) is 16.0. The third-order valence-electron chi connectivity index (χ3n) is 4.37. The van der Waals surface area contributed by atoms with Crippen molar-refractivity contribution in [2.24, 2.45) is 0 Å². The number of hydrogen-bond donors (Lipinski definition) is 0. The zero-order valence-electron chi connectivity index (χ0n) is 14.1. The molecule has 1 saturated heterocycles. The molecule has 1 atom stereocenters. The van der Waals surface area contributed by atoms with Crippen molar-refractivity contribution in [1.29, 1.82) is 0 Å². The Balaban J connectivity index is 1.67. The highest BCUT2D eigenvalue weighted by molar-refractivity contribution is 7.86. The van der Waals surface area contributed by atoms with Gasteiger partial charge >= 0.3 is 0 Å². The molecule has 25 heavy (non-hydrogen) atoms. The van der Waals surface area contributed by atoms with Crippen molar-refractivity contribution >= 4 is 16.0 Å². The maximum atomic E-state index is 12.3.